The second kappa shape index (κ2) is 6.74. The molecule has 17 heavy (non-hydrogen) atoms. The predicted molar refractivity (Wildman–Crippen MR) is 73.7 cm³/mol. The van der Waals surface area contributed by atoms with Crippen molar-refractivity contribution in [2.24, 2.45) is 0 Å². The van der Waals surface area contributed by atoms with E-state index in [9.17, 15) is 0 Å². The minimum atomic E-state index is 0.325. The zero-order valence-corrected chi connectivity index (χ0v) is 11.6. The molecule has 0 spiro atoms. The number of benzene rings is 1. The molecule has 0 bridgehead atoms. The van der Waals surface area contributed by atoms with E-state index in [0.29, 0.717) is 29.9 Å². The molecule has 1 aromatic rings. The lowest BCUT2D eigenvalue weighted by Crippen LogP contribution is -2.32. The molecule has 0 unspecified atom stereocenters. The average molecular weight is 271 g/mol. The van der Waals surface area contributed by atoms with Crippen molar-refractivity contribution >= 4 is 28.9 Å². The summed E-state index contributed by atoms with van der Waals surface area (Å²) in [5.74, 6) is 0.422. The summed E-state index contributed by atoms with van der Waals surface area (Å²) in [6.45, 7) is 4.91. The van der Waals surface area contributed by atoms with E-state index in [4.69, 9.17) is 28.5 Å². The maximum atomic E-state index is 8.69. The van der Waals surface area contributed by atoms with E-state index in [0.717, 1.165) is 11.3 Å². The van der Waals surface area contributed by atoms with Crippen LogP contribution in [-0.4, -0.2) is 12.6 Å². The quantitative estimate of drug-likeness (QED) is 0.750. The van der Waals surface area contributed by atoms with Crippen LogP contribution in [0.25, 0.3) is 0 Å². The first-order chi connectivity index (χ1) is 8.10. The van der Waals surface area contributed by atoms with Crippen LogP contribution >= 0.6 is 23.2 Å². The third kappa shape index (κ3) is 3.80. The maximum absolute atomic E-state index is 8.69. The highest BCUT2D eigenvalue weighted by atomic mass is 35.5. The van der Waals surface area contributed by atoms with Crippen LogP contribution in [0.2, 0.25) is 5.02 Å². The van der Waals surface area contributed by atoms with Gasteiger partial charge in [0.25, 0.3) is 0 Å². The van der Waals surface area contributed by atoms with Gasteiger partial charge in [0.1, 0.15) is 0 Å². The van der Waals surface area contributed by atoms with Gasteiger partial charge in [-0.25, -0.2) is 0 Å². The molecule has 0 atom stereocenters. The highest BCUT2D eigenvalue weighted by Crippen LogP contribution is 2.27. The Bertz CT molecular complexity index is 410. The Morgan fingerprint density at radius 2 is 2.12 bits per heavy atom. The van der Waals surface area contributed by atoms with E-state index >= 15 is 0 Å². The Morgan fingerprint density at radius 3 is 2.65 bits per heavy atom. The molecule has 1 rings (SSSR count). The van der Waals surface area contributed by atoms with E-state index < -0.39 is 0 Å². The van der Waals surface area contributed by atoms with Gasteiger partial charge in [0.05, 0.1) is 12.5 Å². The smallest absolute Gasteiger partial charge is 0.0640 e. The molecular weight excluding hydrogens is 255 g/mol. The largest absolute Gasteiger partial charge is 0.368 e. The fourth-order valence-corrected chi connectivity index (χ4v) is 2.18. The zero-order chi connectivity index (χ0) is 12.8. The Morgan fingerprint density at radius 1 is 1.41 bits per heavy atom. The topological polar surface area (TPSA) is 27.0 Å². The third-order valence-electron chi connectivity index (χ3n) is 2.58. The molecule has 2 nitrogen and oxygen atoms in total. The number of rotatable bonds is 5. The molecule has 0 aromatic heterocycles. The van der Waals surface area contributed by atoms with Crippen molar-refractivity contribution in [2.45, 2.75) is 32.2 Å². The van der Waals surface area contributed by atoms with Gasteiger partial charge in [-0.3, -0.25) is 0 Å². The molecular formula is C13H16Cl2N2. The van der Waals surface area contributed by atoms with Crippen molar-refractivity contribution < 1.29 is 0 Å². The van der Waals surface area contributed by atoms with Crippen molar-refractivity contribution in [2.75, 3.05) is 11.4 Å². The van der Waals surface area contributed by atoms with Gasteiger partial charge in [-0.15, -0.1) is 11.6 Å². The summed E-state index contributed by atoms with van der Waals surface area (Å²) >= 11 is 11.9. The highest BCUT2D eigenvalue weighted by Gasteiger charge is 2.14. The number of halogens is 2. The monoisotopic (exact) mass is 270 g/mol. The molecule has 0 saturated heterocycles. The molecule has 92 valence electrons. The number of anilines is 1. The molecule has 4 heteroatoms. The van der Waals surface area contributed by atoms with E-state index in [1.807, 2.05) is 18.2 Å². The molecule has 0 radical (unpaired) electrons. The number of nitriles is 1. The van der Waals surface area contributed by atoms with Crippen molar-refractivity contribution in [1.82, 2.24) is 0 Å². The Kier molecular flexibility index (Phi) is 5.61. The molecule has 0 fully saturated rings. The summed E-state index contributed by atoms with van der Waals surface area (Å²) in [5, 5.41) is 9.38. The normalized spacial score (nSPS) is 10.4. The average Bonchev–Trinajstić information content (AvgIpc) is 2.30. The minimum Gasteiger partial charge on any atom is -0.368 e. The molecule has 0 N–H and O–H groups in total. The van der Waals surface area contributed by atoms with Gasteiger partial charge in [-0.1, -0.05) is 11.6 Å². The van der Waals surface area contributed by atoms with E-state index in [-0.39, 0.29) is 0 Å². The van der Waals surface area contributed by atoms with Gasteiger partial charge in [0, 0.05) is 29.2 Å². The SMILES string of the molecule is CC(C)N(CCC#N)c1ccc(Cl)cc1CCl. The van der Waals surface area contributed by atoms with Crippen LogP contribution in [0.15, 0.2) is 18.2 Å². The van der Waals surface area contributed by atoms with Gasteiger partial charge in [0.2, 0.25) is 0 Å². The standard InChI is InChI=1S/C13H16Cl2N2/c1-10(2)17(7-3-6-16)13-5-4-12(15)8-11(13)9-14/h4-5,8,10H,3,7,9H2,1-2H3. The summed E-state index contributed by atoms with van der Waals surface area (Å²) < 4.78 is 0. The van der Waals surface area contributed by atoms with Gasteiger partial charge in [0.15, 0.2) is 0 Å². The zero-order valence-electron chi connectivity index (χ0n) is 10.1. The first-order valence-corrected chi connectivity index (χ1v) is 6.49. The Hall–Kier alpha value is -0.910. The van der Waals surface area contributed by atoms with Gasteiger partial charge in [-0.2, -0.15) is 5.26 Å². The molecule has 0 heterocycles. The second-order valence-electron chi connectivity index (χ2n) is 4.10. The van der Waals surface area contributed by atoms with Crippen LogP contribution in [0.4, 0.5) is 5.69 Å². The number of hydrogen-bond acceptors (Lipinski definition) is 2. The van der Waals surface area contributed by atoms with Gasteiger partial charge >= 0.3 is 0 Å². The summed E-state index contributed by atoms with van der Waals surface area (Å²) in [6, 6.07) is 8.20. The van der Waals surface area contributed by atoms with E-state index in [1.165, 1.54) is 0 Å². The third-order valence-corrected chi connectivity index (χ3v) is 3.11. The lowest BCUT2D eigenvalue weighted by atomic mass is 10.1. The number of nitrogens with zero attached hydrogens (tertiary/aromatic N) is 2. The van der Waals surface area contributed by atoms with Crippen molar-refractivity contribution in [3.05, 3.63) is 28.8 Å². The van der Waals surface area contributed by atoms with Gasteiger partial charge in [-0.05, 0) is 37.6 Å². The molecule has 0 amide bonds. The molecule has 0 aliphatic rings. The molecule has 1 aromatic carbocycles. The van der Waals surface area contributed by atoms with Crippen molar-refractivity contribution in [1.29, 1.82) is 5.26 Å². The van der Waals surface area contributed by atoms with Crippen LogP contribution < -0.4 is 4.90 Å². The summed E-state index contributed by atoms with van der Waals surface area (Å²) in [6.07, 6.45) is 0.503. The summed E-state index contributed by atoms with van der Waals surface area (Å²) in [5.41, 5.74) is 2.07. The number of alkyl halides is 1. The lowest BCUT2D eigenvalue weighted by molar-refractivity contribution is 0.684. The Labute approximate surface area is 113 Å². The first-order valence-electron chi connectivity index (χ1n) is 5.58. The predicted octanol–water partition coefficient (Wildman–Crippen LogP) is 4.21. The molecule has 0 saturated carbocycles. The van der Waals surface area contributed by atoms with Crippen molar-refractivity contribution in [3.8, 4) is 6.07 Å². The van der Waals surface area contributed by atoms with Gasteiger partial charge < -0.3 is 4.90 Å². The first kappa shape index (κ1) is 14.2. The Balaban J connectivity index is 3.05. The van der Waals surface area contributed by atoms with Crippen LogP contribution in [0.1, 0.15) is 25.8 Å². The molecule has 0 aliphatic carbocycles. The maximum Gasteiger partial charge on any atom is 0.0640 e. The van der Waals surface area contributed by atoms with Crippen LogP contribution in [0.5, 0.6) is 0 Å². The van der Waals surface area contributed by atoms with Crippen LogP contribution in [0, 0.1) is 11.3 Å². The van der Waals surface area contributed by atoms with E-state index in [1.54, 1.807) is 0 Å². The second-order valence-corrected chi connectivity index (χ2v) is 4.81. The van der Waals surface area contributed by atoms with Crippen LogP contribution in [-0.2, 0) is 5.88 Å². The fourth-order valence-electron chi connectivity index (χ4n) is 1.77. The minimum absolute atomic E-state index is 0.325. The van der Waals surface area contributed by atoms with Crippen LogP contribution in [0.3, 0.4) is 0 Å². The van der Waals surface area contributed by atoms with Crippen molar-refractivity contribution in [3.63, 3.8) is 0 Å². The highest BCUT2D eigenvalue weighted by molar-refractivity contribution is 6.30. The van der Waals surface area contributed by atoms with E-state index in [2.05, 4.69) is 24.8 Å². The molecule has 0 aliphatic heterocycles. The number of hydrogen-bond donors (Lipinski definition) is 0. The summed E-state index contributed by atoms with van der Waals surface area (Å²) in [7, 11) is 0. The fraction of sp³-hybridized carbons (Fsp3) is 0.462. The summed E-state index contributed by atoms with van der Waals surface area (Å²) in [4.78, 5) is 2.18. The lowest BCUT2D eigenvalue weighted by Gasteiger charge is -2.30.